The van der Waals surface area contributed by atoms with E-state index in [0.29, 0.717) is 12.3 Å². The number of nitrogens with one attached hydrogen (secondary N) is 1. The first-order chi connectivity index (χ1) is 12.0. The van der Waals surface area contributed by atoms with Crippen LogP contribution in [0, 0.1) is 6.92 Å². The van der Waals surface area contributed by atoms with Gasteiger partial charge in [-0.15, -0.1) is 0 Å². The van der Waals surface area contributed by atoms with Gasteiger partial charge < -0.3 is 19.4 Å². The molecule has 2 aromatic rings. The normalized spacial score (nSPS) is 10.2. The van der Waals surface area contributed by atoms with Gasteiger partial charge in [0.2, 0.25) is 0 Å². The summed E-state index contributed by atoms with van der Waals surface area (Å²) in [4.78, 5) is 36.1. The van der Waals surface area contributed by atoms with Crippen LogP contribution in [0.15, 0.2) is 41.2 Å². The van der Waals surface area contributed by atoms with Crippen molar-refractivity contribution in [1.82, 2.24) is 9.88 Å². The van der Waals surface area contributed by atoms with Crippen molar-refractivity contribution in [1.29, 1.82) is 0 Å². The molecule has 0 aliphatic rings. The highest BCUT2D eigenvalue weighted by molar-refractivity contribution is 6.05. The third-order valence-corrected chi connectivity index (χ3v) is 3.74. The van der Waals surface area contributed by atoms with E-state index in [1.807, 2.05) is 0 Å². The summed E-state index contributed by atoms with van der Waals surface area (Å²) in [7, 11) is 2.76. The fourth-order valence-electron chi connectivity index (χ4n) is 2.45. The van der Waals surface area contributed by atoms with Crippen molar-refractivity contribution in [2.24, 2.45) is 0 Å². The molecule has 2 rings (SSSR count). The number of benzene rings is 1. The average molecular weight is 344 g/mol. The number of aryl methyl sites for hydroxylation is 1. The highest BCUT2D eigenvalue weighted by atomic mass is 16.5. The number of ether oxygens (including phenoxy) is 2. The van der Waals surface area contributed by atoms with Gasteiger partial charge in [0.1, 0.15) is 5.75 Å². The first-order valence-electron chi connectivity index (χ1n) is 7.69. The molecule has 1 amide bonds. The lowest BCUT2D eigenvalue weighted by molar-refractivity contribution is 0.0596. The molecular weight excluding hydrogens is 324 g/mol. The molecule has 0 radical (unpaired) electrons. The van der Waals surface area contributed by atoms with Crippen molar-refractivity contribution < 1.29 is 19.1 Å². The number of rotatable bonds is 6. The standard InChI is InChI=1S/C18H20N2O5/c1-12-10-13(24-2)11-16(21)20(12)9-8-19-17(22)14-6-4-5-7-15(14)18(23)25-3/h4-7,10-11H,8-9H2,1-3H3,(H,19,22). The lowest BCUT2D eigenvalue weighted by Gasteiger charge is -2.12. The summed E-state index contributed by atoms with van der Waals surface area (Å²) in [5.74, 6) is -0.483. The van der Waals surface area contributed by atoms with Gasteiger partial charge >= 0.3 is 5.97 Å². The highest BCUT2D eigenvalue weighted by Crippen LogP contribution is 2.10. The van der Waals surface area contributed by atoms with Gasteiger partial charge in [-0.05, 0) is 25.1 Å². The van der Waals surface area contributed by atoms with Gasteiger partial charge in [-0.3, -0.25) is 9.59 Å². The predicted molar refractivity (Wildman–Crippen MR) is 92.1 cm³/mol. The van der Waals surface area contributed by atoms with Crippen LogP contribution >= 0.6 is 0 Å². The van der Waals surface area contributed by atoms with Crippen molar-refractivity contribution in [2.45, 2.75) is 13.5 Å². The number of esters is 1. The minimum Gasteiger partial charge on any atom is -0.496 e. The fraction of sp³-hybridized carbons (Fsp3) is 0.278. The number of pyridine rings is 1. The molecule has 0 aliphatic carbocycles. The van der Waals surface area contributed by atoms with Crippen LogP contribution in [0.2, 0.25) is 0 Å². The van der Waals surface area contributed by atoms with Gasteiger partial charge in [0.15, 0.2) is 0 Å². The Hall–Kier alpha value is -3.09. The molecule has 0 saturated carbocycles. The van der Waals surface area contributed by atoms with E-state index >= 15 is 0 Å². The first kappa shape index (κ1) is 18.3. The monoisotopic (exact) mass is 344 g/mol. The van der Waals surface area contributed by atoms with Crippen molar-refractivity contribution in [3.63, 3.8) is 0 Å². The quantitative estimate of drug-likeness (QED) is 0.800. The number of carbonyl (C=O) groups excluding carboxylic acids is 2. The average Bonchev–Trinajstić information content (AvgIpc) is 2.62. The molecule has 7 nitrogen and oxygen atoms in total. The zero-order valence-corrected chi connectivity index (χ0v) is 14.4. The van der Waals surface area contributed by atoms with Gasteiger partial charge in [0, 0.05) is 24.8 Å². The molecule has 0 aliphatic heterocycles. The number of hydrogen-bond acceptors (Lipinski definition) is 5. The van der Waals surface area contributed by atoms with Crippen LogP contribution in [0.3, 0.4) is 0 Å². The molecule has 0 fully saturated rings. The van der Waals surface area contributed by atoms with E-state index in [4.69, 9.17) is 4.74 Å². The van der Waals surface area contributed by atoms with Crippen molar-refractivity contribution in [3.05, 3.63) is 63.6 Å². The Balaban J connectivity index is 2.07. The summed E-state index contributed by atoms with van der Waals surface area (Å²) >= 11 is 0. The molecule has 7 heteroatoms. The zero-order valence-electron chi connectivity index (χ0n) is 14.4. The summed E-state index contributed by atoms with van der Waals surface area (Å²) in [6, 6.07) is 9.53. The molecule has 1 heterocycles. The largest absolute Gasteiger partial charge is 0.496 e. The Labute approximate surface area is 145 Å². The maximum absolute atomic E-state index is 12.3. The summed E-state index contributed by atoms with van der Waals surface area (Å²) in [5, 5.41) is 2.71. The van der Waals surface area contributed by atoms with Gasteiger partial charge in [-0.2, -0.15) is 0 Å². The molecule has 1 N–H and O–H groups in total. The van der Waals surface area contributed by atoms with Gasteiger partial charge in [0.05, 0.1) is 25.3 Å². The molecule has 0 saturated heterocycles. The number of amides is 1. The van der Waals surface area contributed by atoms with E-state index in [-0.39, 0.29) is 23.2 Å². The number of carbonyl (C=O) groups is 2. The maximum Gasteiger partial charge on any atom is 0.338 e. The summed E-state index contributed by atoms with van der Waals surface area (Å²) in [6.07, 6.45) is 0. The summed E-state index contributed by atoms with van der Waals surface area (Å²) < 4.78 is 11.3. The summed E-state index contributed by atoms with van der Waals surface area (Å²) in [5.41, 5.74) is 0.947. The van der Waals surface area contributed by atoms with Crippen LogP contribution in [0.5, 0.6) is 5.75 Å². The maximum atomic E-state index is 12.3. The van der Waals surface area contributed by atoms with Crippen molar-refractivity contribution in [2.75, 3.05) is 20.8 Å². The molecule has 0 spiro atoms. The second-order valence-electron chi connectivity index (χ2n) is 5.32. The van der Waals surface area contributed by atoms with Crippen LogP contribution in [-0.2, 0) is 11.3 Å². The van der Waals surface area contributed by atoms with E-state index in [0.717, 1.165) is 5.69 Å². The van der Waals surface area contributed by atoms with Crippen LogP contribution in [-0.4, -0.2) is 37.2 Å². The molecule has 1 aromatic heterocycles. The topological polar surface area (TPSA) is 86.6 Å². The Kier molecular flexibility index (Phi) is 5.94. The van der Waals surface area contributed by atoms with E-state index in [2.05, 4.69) is 10.1 Å². The molecule has 132 valence electrons. The van der Waals surface area contributed by atoms with Crippen molar-refractivity contribution >= 4 is 11.9 Å². The Morgan fingerprint density at radius 3 is 2.40 bits per heavy atom. The molecule has 1 aromatic carbocycles. The Bertz CT molecular complexity index is 842. The number of methoxy groups -OCH3 is 2. The van der Waals surface area contributed by atoms with Gasteiger partial charge in [0.25, 0.3) is 11.5 Å². The predicted octanol–water partition coefficient (Wildman–Crippen LogP) is 1.38. The van der Waals surface area contributed by atoms with Crippen LogP contribution < -0.4 is 15.6 Å². The second-order valence-corrected chi connectivity index (χ2v) is 5.32. The van der Waals surface area contributed by atoms with Crippen LogP contribution in [0.1, 0.15) is 26.4 Å². The number of nitrogens with zero attached hydrogens (tertiary/aromatic N) is 1. The SMILES string of the molecule is COC(=O)c1ccccc1C(=O)NCCn1c(C)cc(OC)cc1=O. The Morgan fingerprint density at radius 1 is 1.12 bits per heavy atom. The summed E-state index contributed by atoms with van der Waals surface area (Å²) in [6.45, 7) is 2.33. The number of hydrogen-bond donors (Lipinski definition) is 1. The third-order valence-electron chi connectivity index (χ3n) is 3.74. The molecule has 0 atom stereocenters. The Morgan fingerprint density at radius 2 is 1.80 bits per heavy atom. The smallest absolute Gasteiger partial charge is 0.338 e. The van der Waals surface area contributed by atoms with Crippen molar-refractivity contribution in [3.8, 4) is 5.75 Å². The lowest BCUT2D eigenvalue weighted by Crippen LogP contribution is -2.32. The fourth-order valence-corrected chi connectivity index (χ4v) is 2.45. The van der Waals surface area contributed by atoms with Gasteiger partial charge in [-0.25, -0.2) is 4.79 Å². The van der Waals surface area contributed by atoms with Crippen LogP contribution in [0.25, 0.3) is 0 Å². The van der Waals surface area contributed by atoms with E-state index < -0.39 is 11.9 Å². The molecule has 25 heavy (non-hydrogen) atoms. The van der Waals surface area contributed by atoms with E-state index in [9.17, 15) is 14.4 Å². The molecular formula is C18H20N2O5. The zero-order chi connectivity index (χ0) is 18.4. The first-order valence-corrected chi connectivity index (χ1v) is 7.69. The van der Waals surface area contributed by atoms with Crippen LogP contribution in [0.4, 0.5) is 0 Å². The molecule has 0 bridgehead atoms. The number of aromatic nitrogens is 1. The minimum atomic E-state index is -0.576. The second kappa shape index (κ2) is 8.14. The third kappa shape index (κ3) is 4.26. The minimum absolute atomic E-state index is 0.195. The van der Waals surface area contributed by atoms with E-state index in [1.54, 1.807) is 31.2 Å². The molecule has 0 unspecified atom stereocenters. The highest BCUT2D eigenvalue weighted by Gasteiger charge is 2.16. The van der Waals surface area contributed by atoms with E-state index in [1.165, 1.54) is 30.9 Å². The lowest BCUT2D eigenvalue weighted by atomic mass is 10.1. The van der Waals surface area contributed by atoms with Gasteiger partial charge in [-0.1, -0.05) is 12.1 Å².